The van der Waals surface area contributed by atoms with Gasteiger partial charge in [-0.1, -0.05) is 6.92 Å². The third-order valence-electron chi connectivity index (χ3n) is 4.50. The molecule has 3 nitrogen and oxygen atoms in total. The van der Waals surface area contributed by atoms with Crippen molar-refractivity contribution in [3.8, 4) is 0 Å². The fourth-order valence-electron chi connectivity index (χ4n) is 2.79. The third-order valence-corrected chi connectivity index (χ3v) is 4.50. The second kappa shape index (κ2) is 4.40. The van der Waals surface area contributed by atoms with E-state index in [0.29, 0.717) is 6.42 Å². The van der Waals surface area contributed by atoms with E-state index in [1.165, 1.54) is 0 Å². The van der Waals surface area contributed by atoms with E-state index >= 15 is 0 Å². The first kappa shape index (κ1) is 13.6. The molecule has 0 aromatic carbocycles. The van der Waals surface area contributed by atoms with Crippen LogP contribution in [0.5, 0.6) is 0 Å². The van der Waals surface area contributed by atoms with Gasteiger partial charge in [0, 0.05) is 12.1 Å². The Bertz CT molecular complexity index is 325. The van der Waals surface area contributed by atoms with E-state index in [1.54, 1.807) is 0 Å². The molecule has 104 valence electrons. The summed E-state index contributed by atoms with van der Waals surface area (Å²) in [4.78, 5) is 12.1. The average Bonchev–Trinajstić information content (AvgIpc) is 2.72. The van der Waals surface area contributed by atoms with Gasteiger partial charge in [-0.15, -0.1) is 0 Å². The van der Waals surface area contributed by atoms with Gasteiger partial charge in [-0.2, -0.15) is 13.2 Å². The zero-order valence-electron chi connectivity index (χ0n) is 10.5. The van der Waals surface area contributed by atoms with Crippen LogP contribution >= 0.6 is 0 Å². The van der Waals surface area contributed by atoms with Crippen LogP contribution in [0.3, 0.4) is 0 Å². The summed E-state index contributed by atoms with van der Waals surface area (Å²) in [5.74, 6) is -0.846. The maximum Gasteiger partial charge on any atom is 0.404 e. The molecule has 0 aromatic heterocycles. The molecule has 1 amide bonds. The molecule has 2 aliphatic rings. The quantitative estimate of drug-likeness (QED) is 0.818. The van der Waals surface area contributed by atoms with Crippen LogP contribution in [-0.2, 0) is 4.79 Å². The number of hydrogen-bond donors (Lipinski definition) is 2. The number of alkyl halides is 3. The van der Waals surface area contributed by atoms with Crippen LogP contribution < -0.4 is 10.6 Å². The van der Waals surface area contributed by atoms with Gasteiger partial charge in [0.15, 0.2) is 5.41 Å². The molecule has 1 atom stereocenters. The van der Waals surface area contributed by atoms with Gasteiger partial charge in [-0.3, -0.25) is 4.79 Å². The Kier molecular flexibility index (Phi) is 3.34. The van der Waals surface area contributed by atoms with E-state index < -0.39 is 23.0 Å². The summed E-state index contributed by atoms with van der Waals surface area (Å²) in [5.41, 5.74) is -2.62. The van der Waals surface area contributed by atoms with Crippen molar-refractivity contribution in [1.29, 1.82) is 0 Å². The number of carbonyl (C=O) groups excluding carboxylic acids is 1. The number of rotatable bonds is 3. The number of carbonyl (C=O) groups is 1. The van der Waals surface area contributed by atoms with Crippen LogP contribution in [-0.4, -0.2) is 30.7 Å². The van der Waals surface area contributed by atoms with Crippen LogP contribution in [0.25, 0.3) is 0 Å². The summed E-state index contributed by atoms with van der Waals surface area (Å²) in [5, 5.41) is 5.33. The van der Waals surface area contributed by atoms with Crippen molar-refractivity contribution in [2.24, 2.45) is 5.41 Å². The van der Waals surface area contributed by atoms with Crippen LogP contribution in [0.15, 0.2) is 0 Å². The van der Waals surface area contributed by atoms with E-state index in [-0.39, 0.29) is 19.5 Å². The minimum Gasteiger partial charge on any atom is -0.350 e. The maximum atomic E-state index is 13.2. The fraction of sp³-hybridized carbons (Fsp3) is 0.917. The van der Waals surface area contributed by atoms with Crippen LogP contribution in [0.4, 0.5) is 13.2 Å². The lowest BCUT2D eigenvalue weighted by atomic mass is 9.73. The second-order valence-corrected chi connectivity index (χ2v) is 5.45. The first-order chi connectivity index (χ1) is 8.35. The molecule has 18 heavy (non-hydrogen) atoms. The van der Waals surface area contributed by atoms with Gasteiger partial charge >= 0.3 is 6.18 Å². The maximum absolute atomic E-state index is 13.2. The number of hydrogen-bond acceptors (Lipinski definition) is 2. The lowest BCUT2D eigenvalue weighted by Crippen LogP contribution is -2.61. The van der Waals surface area contributed by atoms with Crippen molar-refractivity contribution >= 4 is 5.91 Å². The van der Waals surface area contributed by atoms with Crippen molar-refractivity contribution in [3.05, 3.63) is 0 Å². The summed E-state index contributed by atoms with van der Waals surface area (Å²) >= 11 is 0. The molecule has 0 spiro atoms. The normalized spacial score (nSPS) is 30.9. The summed E-state index contributed by atoms with van der Waals surface area (Å²) in [7, 11) is 0. The molecule has 1 saturated carbocycles. The zero-order chi connectivity index (χ0) is 13.4. The fourth-order valence-corrected chi connectivity index (χ4v) is 2.79. The second-order valence-electron chi connectivity index (χ2n) is 5.45. The molecule has 2 rings (SSSR count). The Hall–Kier alpha value is -0.780. The first-order valence-electron chi connectivity index (χ1n) is 6.45. The lowest BCUT2D eigenvalue weighted by molar-refractivity contribution is -0.217. The molecule has 1 heterocycles. The Morgan fingerprint density at radius 1 is 1.33 bits per heavy atom. The van der Waals surface area contributed by atoms with Crippen LogP contribution in [0.1, 0.15) is 39.0 Å². The molecule has 0 bridgehead atoms. The van der Waals surface area contributed by atoms with Gasteiger partial charge in [0.1, 0.15) is 0 Å². The third kappa shape index (κ3) is 2.00. The number of amides is 1. The standard InChI is InChI=1S/C12H19F3N2O/c1-2-10(4-3-5-10)17-9(18)11(12(13,14)15)6-7-16-8-11/h16H,2-8H2,1H3,(H,17,18). The molecule has 1 aliphatic heterocycles. The molecule has 0 aromatic rings. The first-order valence-corrected chi connectivity index (χ1v) is 6.45. The van der Waals surface area contributed by atoms with E-state index in [4.69, 9.17) is 0 Å². The Morgan fingerprint density at radius 3 is 2.33 bits per heavy atom. The molecular formula is C12H19F3N2O. The van der Waals surface area contributed by atoms with Gasteiger partial charge < -0.3 is 10.6 Å². The van der Waals surface area contributed by atoms with Crippen molar-refractivity contribution in [1.82, 2.24) is 10.6 Å². The topological polar surface area (TPSA) is 41.1 Å². The van der Waals surface area contributed by atoms with E-state index in [1.807, 2.05) is 6.92 Å². The highest BCUT2D eigenvalue weighted by Crippen LogP contribution is 2.45. The predicted octanol–water partition coefficient (Wildman–Crippen LogP) is 1.98. The molecule has 6 heteroatoms. The highest BCUT2D eigenvalue weighted by atomic mass is 19.4. The van der Waals surface area contributed by atoms with Crippen molar-refractivity contribution < 1.29 is 18.0 Å². The molecular weight excluding hydrogens is 245 g/mol. The predicted molar refractivity (Wildman–Crippen MR) is 61.0 cm³/mol. The van der Waals surface area contributed by atoms with Gasteiger partial charge in [0.05, 0.1) is 0 Å². The van der Waals surface area contributed by atoms with Crippen molar-refractivity contribution in [2.45, 2.75) is 50.7 Å². The van der Waals surface area contributed by atoms with Crippen molar-refractivity contribution in [2.75, 3.05) is 13.1 Å². The molecule has 1 unspecified atom stereocenters. The lowest BCUT2D eigenvalue weighted by Gasteiger charge is -2.44. The van der Waals surface area contributed by atoms with Gasteiger partial charge in [0.2, 0.25) is 5.91 Å². The largest absolute Gasteiger partial charge is 0.404 e. The zero-order valence-corrected chi connectivity index (χ0v) is 10.5. The Labute approximate surface area is 104 Å². The molecule has 2 N–H and O–H groups in total. The summed E-state index contributed by atoms with van der Waals surface area (Å²) < 4.78 is 39.5. The highest BCUT2D eigenvalue weighted by molar-refractivity contribution is 5.85. The van der Waals surface area contributed by atoms with E-state index in [9.17, 15) is 18.0 Å². The molecule has 2 fully saturated rings. The van der Waals surface area contributed by atoms with Gasteiger partial charge in [-0.25, -0.2) is 0 Å². The Morgan fingerprint density at radius 2 is 2.00 bits per heavy atom. The smallest absolute Gasteiger partial charge is 0.350 e. The average molecular weight is 264 g/mol. The van der Waals surface area contributed by atoms with Gasteiger partial charge in [-0.05, 0) is 38.6 Å². The minimum atomic E-state index is -4.49. The van der Waals surface area contributed by atoms with E-state index in [0.717, 1.165) is 19.3 Å². The molecule has 1 saturated heterocycles. The summed E-state index contributed by atoms with van der Waals surface area (Å²) in [6.07, 6.45) is -1.40. The highest BCUT2D eigenvalue weighted by Gasteiger charge is 2.62. The molecule has 0 radical (unpaired) electrons. The molecule has 1 aliphatic carbocycles. The summed E-state index contributed by atoms with van der Waals surface area (Å²) in [6.45, 7) is 1.85. The Balaban J connectivity index is 2.15. The monoisotopic (exact) mass is 264 g/mol. The SMILES string of the molecule is CCC1(NC(=O)C2(C(F)(F)F)CCNC2)CCC1. The number of nitrogens with one attached hydrogen (secondary N) is 2. The summed E-state index contributed by atoms with van der Waals surface area (Å²) in [6, 6.07) is 0. The van der Waals surface area contributed by atoms with Crippen molar-refractivity contribution in [3.63, 3.8) is 0 Å². The minimum absolute atomic E-state index is 0.165. The van der Waals surface area contributed by atoms with E-state index in [2.05, 4.69) is 10.6 Å². The van der Waals surface area contributed by atoms with Crippen LogP contribution in [0, 0.1) is 5.41 Å². The van der Waals surface area contributed by atoms with Gasteiger partial charge in [0.25, 0.3) is 0 Å². The number of halogens is 3. The van der Waals surface area contributed by atoms with Crippen LogP contribution in [0.2, 0.25) is 0 Å².